The quantitative estimate of drug-likeness (QED) is 0.633. The standard InChI is InChI=1S/C27H27N3O3/c1-19(22-15-9-4-10-16-22)30-25(31)23-24(26(30)32)29(18-21-13-7-3-8-14-21)27(33)28(23)17-20-11-5-2-6-12-20/h2-16,19,23-25,31H,17-18H2,1H3/t19-,23-,24?,25?/m1/s1. The van der Waals surface area contributed by atoms with E-state index in [1.165, 1.54) is 4.90 Å². The van der Waals surface area contributed by atoms with Gasteiger partial charge >= 0.3 is 6.03 Å². The van der Waals surface area contributed by atoms with Gasteiger partial charge in [0, 0.05) is 13.1 Å². The van der Waals surface area contributed by atoms with Crippen molar-refractivity contribution in [1.29, 1.82) is 0 Å². The summed E-state index contributed by atoms with van der Waals surface area (Å²) in [5, 5.41) is 11.4. The molecular weight excluding hydrogens is 414 g/mol. The van der Waals surface area contributed by atoms with Crippen LogP contribution in [0.2, 0.25) is 0 Å². The fraction of sp³-hybridized carbons (Fsp3) is 0.259. The second-order valence-electron chi connectivity index (χ2n) is 8.69. The van der Waals surface area contributed by atoms with Gasteiger partial charge in [0.2, 0.25) is 5.91 Å². The van der Waals surface area contributed by atoms with Crippen LogP contribution in [0.15, 0.2) is 91.0 Å². The highest BCUT2D eigenvalue weighted by atomic mass is 16.3. The van der Waals surface area contributed by atoms with Gasteiger partial charge in [0.15, 0.2) is 6.23 Å². The molecular formula is C27H27N3O3. The number of carbonyl (C=O) groups is 2. The molecule has 6 nitrogen and oxygen atoms in total. The molecule has 0 aliphatic carbocycles. The third-order valence-electron chi connectivity index (χ3n) is 6.70. The minimum Gasteiger partial charge on any atom is -0.371 e. The fourth-order valence-electron chi connectivity index (χ4n) is 5.03. The Morgan fingerprint density at radius 3 is 1.79 bits per heavy atom. The van der Waals surface area contributed by atoms with E-state index in [4.69, 9.17) is 0 Å². The lowest BCUT2D eigenvalue weighted by Gasteiger charge is -2.33. The molecule has 0 aromatic heterocycles. The van der Waals surface area contributed by atoms with E-state index in [0.717, 1.165) is 16.7 Å². The maximum atomic E-state index is 13.7. The smallest absolute Gasteiger partial charge is 0.321 e. The van der Waals surface area contributed by atoms with Crippen LogP contribution in [0.3, 0.4) is 0 Å². The maximum absolute atomic E-state index is 13.7. The Morgan fingerprint density at radius 2 is 1.24 bits per heavy atom. The molecule has 0 spiro atoms. The van der Waals surface area contributed by atoms with Gasteiger partial charge in [-0.05, 0) is 23.6 Å². The number of urea groups is 1. The minimum absolute atomic E-state index is 0.219. The zero-order valence-corrected chi connectivity index (χ0v) is 18.5. The first-order valence-electron chi connectivity index (χ1n) is 11.3. The summed E-state index contributed by atoms with van der Waals surface area (Å²) in [6.45, 7) is 2.57. The second kappa shape index (κ2) is 8.71. The van der Waals surface area contributed by atoms with Gasteiger partial charge in [-0.2, -0.15) is 0 Å². The number of aliphatic hydroxyl groups is 1. The van der Waals surface area contributed by atoms with Gasteiger partial charge in [-0.3, -0.25) is 4.79 Å². The van der Waals surface area contributed by atoms with Crippen LogP contribution in [0.1, 0.15) is 29.7 Å². The summed E-state index contributed by atoms with van der Waals surface area (Å²) in [6, 6.07) is 27.1. The van der Waals surface area contributed by atoms with E-state index in [-0.39, 0.29) is 18.0 Å². The zero-order valence-electron chi connectivity index (χ0n) is 18.5. The van der Waals surface area contributed by atoms with Crippen molar-refractivity contribution in [3.63, 3.8) is 0 Å². The number of hydrogen-bond donors (Lipinski definition) is 1. The maximum Gasteiger partial charge on any atom is 0.321 e. The molecule has 0 bridgehead atoms. The molecule has 3 aromatic rings. The third kappa shape index (κ3) is 3.76. The molecule has 3 aromatic carbocycles. The molecule has 0 saturated carbocycles. The van der Waals surface area contributed by atoms with Crippen molar-refractivity contribution in [1.82, 2.24) is 14.7 Å². The van der Waals surface area contributed by atoms with Crippen molar-refractivity contribution in [3.8, 4) is 0 Å². The molecule has 168 valence electrons. The predicted octanol–water partition coefficient (Wildman–Crippen LogP) is 3.78. The number of benzene rings is 3. The lowest BCUT2D eigenvalue weighted by molar-refractivity contribution is -0.139. The second-order valence-corrected chi connectivity index (χ2v) is 8.69. The zero-order chi connectivity index (χ0) is 22.9. The third-order valence-corrected chi connectivity index (χ3v) is 6.70. The summed E-state index contributed by atoms with van der Waals surface area (Å²) >= 11 is 0. The van der Waals surface area contributed by atoms with Crippen LogP contribution in [0.4, 0.5) is 4.79 Å². The number of carbonyl (C=O) groups excluding carboxylic acids is 2. The highest BCUT2D eigenvalue weighted by Crippen LogP contribution is 2.40. The number of aliphatic hydroxyl groups excluding tert-OH is 1. The summed E-state index contributed by atoms with van der Waals surface area (Å²) in [4.78, 5) is 32.0. The van der Waals surface area contributed by atoms with E-state index >= 15 is 0 Å². The molecule has 2 aliphatic heterocycles. The minimum atomic E-state index is -1.09. The average Bonchev–Trinajstić information content (AvgIpc) is 3.26. The number of fused-ring (bicyclic) bond motifs is 1. The van der Waals surface area contributed by atoms with Crippen molar-refractivity contribution >= 4 is 11.9 Å². The van der Waals surface area contributed by atoms with Gasteiger partial charge in [0.05, 0.1) is 6.04 Å². The van der Waals surface area contributed by atoms with Gasteiger partial charge in [-0.25, -0.2) is 4.79 Å². The molecule has 0 radical (unpaired) electrons. The number of nitrogens with zero attached hydrogens (tertiary/aromatic N) is 3. The predicted molar refractivity (Wildman–Crippen MR) is 125 cm³/mol. The summed E-state index contributed by atoms with van der Waals surface area (Å²) < 4.78 is 0. The molecule has 33 heavy (non-hydrogen) atoms. The Bertz CT molecular complexity index is 1120. The van der Waals surface area contributed by atoms with Gasteiger partial charge in [-0.1, -0.05) is 91.0 Å². The Balaban J connectivity index is 1.50. The van der Waals surface area contributed by atoms with E-state index in [1.807, 2.05) is 97.9 Å². The fourth-order valence-corrected chi connectivity index (χ4v) is 5.03. The Morgan fingerprint density at radius 1 is 0.758 bits per heavy atom. The molecule has 5 rings (SSSR count). The first kappa shape index (κ1) is 21.2. The summed E-state index contributed by atoms with van der Waals surface area (Å²) in [5.41, 5.74) is 2.85. The van der Waals surface area contributed by atoms with E-state index in [1.54, 1.807) is 9.80 Å². The van der Waals surface area contributed by atoms with E-state index in [9.17, 15) is 14.7 Å². The van der Waals surface area contributed by atoms with Crippen LogP contribution in [-0.4, -0.2) is 50.1 Å². The van der Waals surface area contributed by atoms with Crippen molar-refractivity contribution in [2.24, 2.45) is 0 Å². The lowest BCUT2D eigenvalue weighted by Crippen LogP contribution is -2.47. The van der Waals surface area contributed by atoms with Gasteiger partial charge in [0.25, 0.3) is 0 Å². The number of likely N-dealkylation sites (tertiary alicyclic amines) is 1. The highest BCUT2D eigenvalue weighted by Gasteiger charge is 2.61. The van der Waals surface area contributed by atoms with Crippen molar-refractivity contribution in [3.05, 3.63) is 108 Å². The van der Waals surface area contributed by atoms with Crippen LogP contribution >= 0.6 is 0 Å². The van der Waals surface area contributed by atoms with Crippen LogP contribution in [0.25, 0.3) is 0 Å². The van der Waals surface area contributed by atoms with E-state index in [0.29, 0.717) is 13.1 Å². The van der Waals surface area contributed by atoms with Crippen LogP contribution < -0.4 is 0 Å². The number of rotatable bonds is 6. The molecule has 2 fully saturated rings. The van der Waals surface area contributed by atoms with Crippen molar-refractivity contribution < 1.29 is 14.7 Å². The van der Waals surface area contributed by atoms with Crippen LogP contribution in [-0.2, 0) is 17.9 Å². The normalized spacial score (nSPS) is 23.2. The monoisotopic (exact) mass is 441 g/mol. The summed E-state index contributed by atoms with van der Waals surface area (Å²) in [5.74, 6) is -0.219. The van der Waals surface area contributed by atoms with Crippen LogP contribution in [0, 0.1) is 0 Å². The lowest BCUT2D eigenvalue weighted by atomic mass is 10.1. The highest BCUT2D eigenvalue weighted by molar-refractivity contribution is 5.94. The van der Waals surface area contributed by atoms with Gasteiger partial charge in [0.1, 0.15) is 12.1 Å². The Kier molecular flexibility index (Phi) is 5.60. The van der Waals surface area contributed by atoms with Crippen molar-refractivity contribution in [2.75, 3.05) is 0 Å². The summed E-state index contributed by atoms with van der Waals surface area (Å²) in [6.07, 6.45) is -1.09. The topological polar surface area (TPSA) is 64.1 Å². The molecule has 2 unspecified atom stereocenters. The first-order chi connectivity index (χ1) is 16.1. The van der Waals surface area contributed by atoms with Gasteiger partial charge in [-0.15, -0.1) is 0 Å². The Labute approximate surface area is 193 Å². The SMILES string of the molecule is C[C@H](c1ccccc1)N1C(=O)C2[C@H](C1O)N(Cc1ccccc1)C(=O)N2Cc1ccccc1. The largest absolute Gasteiger partial charge is 0.371 e. The van der Waals surface area contributed by atoms with E-state index in [2.05, 4.69) is 0 Å². The average molecular weight is 442 g/mol. The number of hydrogen-bond acceptors (Lipinski definition) is 3. The molecule has 1 N–H and O–H groups in total. The van der Waals surface area contributed by atoms with Gasteiger partial charge < -0.3 is 19.8 Å². The Hall–Kier alpha value is -3.64. The molecule has 3 amide bonds. The molecule has 2 saturated heterocycles. The molecule has 2 aliphatic rings. The first-order valence-corrected chi connectivity index (χ1v) is 11.3. The van der Waals surface area contributed by atoms with E-state index < -0.39 is 18.3 Å². The summed E-state index contributed by atoms with van der Waals surface area (Å²) in [7, 11) is 0. The number of amides is 3. The molecule has 6 heteroatoms. The van der Waals surface area contributed by atoms with Crippen molar-refractivity contribution in [2.45, 2.75) is 44.4 Å². The molecule has 4 atom stereocenters. The van der Waals surface area contributed by atoms with Crippen LogP contribution in [0.5, 0.6) is 0 Å². The molecule has 2 heterocycles.